The molecule has 0 aliphatic rings. The van der Waals surface area contributed by atoms with Crippen LogP contribution in [0.3, 0.4) is 0 Å². The Kier molecular flexibility index (Phi) is 4.48. The van der Waals surface area contributed by atoms with Crippen molar-refractivity contribution >= 4 is 39.9 Å². The molecule has 0 fully saturated rings. The first-order valence-electron chi connectivity index (χ1n) is 5.95. The summed E-state index contributed by atoms with van der Waals surface area (Å²) in [5.74, 6) is 0.469. The van der Waals surface area contributed by atoms with Crippen LogP contribution in [0.1, 0.15) is 13.0 Å². The van der Waals surface area contributed by atoms with E-state index in [1.165, 1.54) is 0 Å². The zero-order valence-electron chi connectivity index (χ0n) is 11.1. The molecular formula is C13H15IN4O2. The summed E-state index contributed by atoms with van der Waals surface area (Å²) in [5.41, 5.74) is 6.89. The van der Waals surface area contributed by atoms with Gasteiger partial charge in [0.25, 0.3) is 0 Å². The summed E-state index contributed by atoms with van der Waals surface area (Å²) in [5, 5.41) is 6.91. The Hall–Kier alpha value is -1.77. The number of aromatic nitrogens is 2. The van der Waals surface area contributed by atoms with Gasteiger partial charge >= 0.3 is 0 Å². The number of nitrogen functional groups attached to an aromatic ring is 1. The second-order valence-corrected chi connectivity index (χ2v) is 5.50. The highest BCUT2D eigenvalue weighted by Crippen LogP contribution is 2.24. The van der Waals surface area contributed by atoms with E-state index in [0.717, 1.165) is 3.57 Å². The zero-order valence-corrected chi connectivity index (χ0v) is 13.3. The molecule has 20 heavy (non-hydrogen) atoms. The number of anilines is 2. The predicted molar refractivity (Wildman–Crippen MR) is 85.7 cm³/mol. The maximum atomic E-state index is 12.2. The van der Waals surface area contributed by atoms with E-state index in [1.54, 1.807) is 43.1 Å². The van der Waals surface area contributed by atoms with Crippen LogP contribution in [0.2, 0.25) is 0 Å². The van der Waals surface area contributed by atoms with E-state index in [9.17, 15) is 4.79 Å². The lowest BCUT2D eigenvalue weighted by Gasteiger charge is -2.14. The van der Waals surface area contributed by atoms with Crippen LogP contribution in [-0.2, 0) is 4.79 Å². The monoisotopic (exact) mass is 386 g/mol. The number of nitrogens with two attached hydrogens (primary N) is 1. The van der Waals surface area contributed by atoms with Gasteiger partial charge in [-0.25, -0.2) is 0 Å². The molecule has 0 saturated heterocycles. The fourth-order valence-corrected chi connectivity index (χ4v) is 2.08. The molecule has 0 radical (unpaired) electrons. The van der Waals surface area contributed by atoms with Gasteiger partial charge in [-0.2, -0.15) is 5.10 Å². The van der Waals surface area contributed by atoms with Gasteiger partial charge in [-0.1, -0.05) is 0 Å². The number of carbonyl (C=O) groups excluding carboxylic acids is 1. The predicted octanol–water partition coefficient (Wildman–Crippen LogP) is 2.28. The number of halogens is 1. The molecule has 0 saturated carbocycles. The number of benzene rings is 1. The van der Waals surface area contributed by atoms with E-state index in [4.69, 9.17) is 10.5 Å². The first-order chi connectivity index (χ1) is 9.51. The minimum atomic E-state index is -0.417. The van der Waals surface area contributed by atoms with Crippen LogP contribution in [0, 0.1) is 3.57 Å². The summed E-state index contributed by atoms with van der Waals surface area (Å²) < 4.78 is 7.65. The number of carbonyl (C=O) groups is 1. The number of rotatable bonds is 4. The van der Waals surface area contributed by atoms with Gasteiger partial charge in [0, 0.05) is 12.3 Å². The summed E-state index contributed by atoms with van der Waals surface area (Å²) in [6.45, 7) is 1.78. The second-order valence-electron chi connectivity index (χ2n) is 4.26. The SMILES string of the molecule is COc1ccc(NC(=O)C(C)n2cc(I)cn2)c(N)c1. The molecule has 0 aliphatic heterocycles. The third kappa shape index (κ3) is 3.21. The summed E-state index contributed by atoms with van der Waals surface area (Å²) in [6, 6.07) is 4.70. The molecule has 7 heteroatoms. The lowest BCUT2D eigenvalue weighted by molar-refractivity contribution is -0.119. The largest absolute Gasteiger partial charge is 0.497 e. The first kappa shape index (κ1) is 14.6. The number of amides is 1. The molecule has 1 aromatic heterocycles. The highest BCUT2D eigenvalue weighted by molar-refractivity contribution is 14.1. The summed E-state index contributed by atoms with van der Waals surface area (Å²) >= 11 is 2.15. The van der Waals surface area contributed by atoms with Gasteiger partial charge in [-0.05, 0) is 41.6 Å². The molecule has 6 nitrogen and oxygen atoms in total. The number of nitrogens with one attached hydrogen (secondary N) is 1. The molecule has 2 aromatic rings. The van der Waals surface area contributed by atoms with Crippen LogP contribution >= 0.6 is 22.6 Å². The lowest BCUT2D eigenvalue weighted by Crippen LogP contribution is -2.24. The van der Waals surface area contributed by atoms with Gasteiger partial charge in [0.15, 0.2) is 0 Å². The first-order valence-corrected chi connectivity index (χ1v) is 7.03. The molecule has 2 rings (SSSR count). The third-order valence-corrected chi connectivity index (χ3v) is 3.42. The average molecular weight is 386 g/mol. The van der Waals surface area contributed by atoms with Crippen molar-refractivity contribution in [2.75, 3.05) is 18.2 Å². The fourth-order valence-electron chi connectivity index (χ4n) is 1.67. The van der Waals surface area contributed by atoms with Crippen LogP contribution in [0.15, 0.2) is 30.6 Å². The Morgan fingerprint density at radius 1 is 1.55 bits per heavy atom. The van der Waals surface area contributed by atoms with Crippen molar-refractivity contribution in [3.8, 4) is 5.75 Å². The minimum Gasteiger partial charge on any atom is -0.497 e. The molecule has 1 heterocycles. The van der Waals surface area contributed by atoms with E-state index < -0.39 is 6.04 Å². The second kappa shape index (κ2) is 6.12. The molecule has 3 N–H and O–H groups in total. The number of nitrogens with zero attached hydrogens (tertiary/aromatic N) is 2. The molecule has 1 unspecified atom stereocenters. The van der Waals surface area contributed by atoms with Crippen molar-refractivity contribution in [1.29, 1.82) is 0 Å². The van der Waals surface area contributed by atoms with Crippen LogP contribution < -0.4 is 15.8 Å². The maximum Gasteiger partial charge on any atom is 0.249 e. The van der Waals surface area contributed by atoms with Crippen LogP contribution in [0.5, 0.6) is 5.75 Å². The highest BCUT2D eigenvalue weighted by atomic mass is 127. The molecular weight excluding hydrogens is 371 g/mol. The van der Waals surface area contributed by atoms with Crippen LogP contribution in [0.4, 0.5) is 11.4 Å². The molecule has 0 aliphatic carbocycles. The van der Waals surface area contributed by atoms with Crippen molar-refractivity contribution in [2.24, 2.45) is 0 Å². The highest BCUT2D eigenvalue weighted by Gasteiger charge is 2.16. The normalized spacial score (nSPS) is 11.9. The fraction of sp³-hybridized carbons (Fsp3) is 0.231. The topological polar surface area (TPSA) is 82.2 Å². The molecule has 0 spiro atoms. The Morgan fingerprint density at radius 3 is 2.85 bits per heavy atom. The smallest absolute Gasteiger partial charge is 0.249 e. The van der Waals surface area contributed by atoms with Crippen molar-refractivity contribution in [2.45, 2.75) is 13.0 Å². The number of hydrogen-bond donors (Lipinski definition) is 2. The van der Waals surface area contributed by atoms with Crippen molar-refractivity contribution in [1.82, 2.24) is 9.78 Å². The average Bonchev–Trinajstić information content (AvgIpc) is 2.86. The Balaban J connectivity index is 2.11. The molecule has 106 valence electrons. The number of hydrogen-bond acceptors (Lipinski definition) is 4. The summed E-state index contributed by atoms with van der Waals surface area (Å²) in [4.78, 5) is 12.2. The van der Waals surface area contributed by atoms with Gasteiger partial charge in [0.05, 0.1) is 28.3 Å². The molecule has 1 amide bonds. The van der Waals surface area contributed by atoms with E-state index in [0.29, 0.717) is 17.1 Å². The quantitative estimate of drug-likeness (QED) is 0.624. The summed E-state index contributed by atoms with van der Waals surface area (Å²) in [7, 11) is 1.56. The van der Waals surface area contributed by atoms with Crippen LogP contribution in [-0.4, -0.2) is 22.8 Å². The third-order valence-electron chi connectivity index (χ3n) is 2.86. The molecule has 1 atom stereocenters. The number of methoxy groups -OCH3 is 1. The van der Waals surface area contributed by atoms with Gasteiger partial charge < -0.3 is 15.8 Å². The van der Waals surface area contributed by atoms with Crippen molar-refractivity contribution < 1.29 is 9.53 Å². The van der Waals surface area contributed by atoms with Gasteiger partial charge in [0.1, 0.15) is 11.8 Å². The molecule has 1 aromatic carbocycles. The van der Waals surface area contributed by atoms with E-state index in [1.807, 2.05) is 6.20 Å². The van der Waals surface area contributed by atoms with E-state index >= 15 is 0 Å². The minimum absolute atomic E-state index is 0.179. The van der Waals surface area contributed by atoms with E-state index in [2.05, 4.69) is 33.0 Å². The van der Waals surface area contributed by atoms with Gasteiger partial charge in [0.2, 0.25) is 5.91 Å². The van der Waals surface area contributed by atoms with E-state index in [-0.39, 0.29) is 5.91 Å². The lowest BCUT2D eigenvalue weighted by atomic mass is 10.2. The zero-order chi connectivity index (χ0) is 14.7. The van der Waals surface area contributed by atoms with Crippen molar-refractivity contribution in [3.63, 3.8) is 0 Å². The Bertz CT molecular complexity index is 627. The Morgan fingerprint density at radius 2 is 2.30 bits per heavy atom. The Labute approximate surface area is 130 Å². The van der Waals surface area contributed by atoms with Gasteiger partial charge in [-0.15, -0.1) is 0 Å². The van der Waals surface area contributed by atoms with Gasteiger partial charge in [-0.3, -0.25) is 9.48 Å². The maximum absolute atomic E-state index is 12.2. The standard InChI is InChI=1S/C13H15IN4O2/c1-8(18-7-9(14)6-16-18)13(19)17-12-4-3-10(20-2)5-11(12)15/h3-8H,15H2,1-2H3,(H,17,19). The summed E-state index contributed by atoms with van der Waals surface area (Å²) in [6.07, 6.45) is 3.51. The van der Waals surface area contributed by atoms with Crippen molar-refractivity contribution in [3.05, 3.63) is 34.2 Å². The number of ether oxygens (including phenoxy) is 1. The van der Waals surface area contributed by atoms with Crippen LogP contribution in [0.25, 0.3) is 0 Å². The molecule has 0 bridgehead atoms.